The summed E-state index contributed by atoms with van der Waals surface area (Å²) in [6.45, 7) is 2.75. The van der Waals surface area contributed by atoms with E-state index in [0.717, 1.165) is 5.56 Å². The first-order valence-electron chi connectivity index (χ1n) is 4.70. The summed E-state index contributed by atoms with van der Waals surface area (Å²) in [6, 6.07) is 5.13. The maximum Gasteiger partial charge on any atom is 0.272 e. The van der Waals surface area contributed by atoms with E-state index in [-0.39, 0.29) is 0 Å². The summed E-state index contributed by atoms with van der Waals surface area (Å²) >= 11 is 0. The Hall–Kier alpha value is -1.16. The molecule has 2 nitrogen and oxygen atoms in total. The Bertz CT molecular complexity index is 324. The normalized spacial score (nSPS) is 12.9. The minimum absolute atomic E-state index is 0.324. The lowest BCUT2D eigenvalue weighted by atomic mass is 10.1. The summed E-state index contributed by atoms with van der Waals surface area (Å²) in [5, 5.41) is 9.39. The van der Waals surface area contributed by atoms with E-state index >= 15 is 0 Å². The summed E-state index contributed by atoms with van der Waals surface area (Å²) in [6.07, 6.45) is -3.23. The second-order valence-corrected chi connectivity index (χ2v) is 3.42. The molecule has 0 bridgehead atoms. The average molecular weight is 216 g/mol. The van der Waals surface area contributed by atoms with Gasteiger partial charge in [0, 0.05) is 5.56 Å². The molecule has 1 N–H and O–H groups in total. The van der Waals surface area contributed by atoms with E-state index in [4.69, 9.17) is 4.74 Å². The quantitative estimate of drug-likeness (QED) is 0.838. The first-order chi connectivity index (χ1) is 7.00. The molecule has 0 aliphatic rings. The fourth-order valence-corrected chi connectivity index (χ4v) is 1.26. The molecule has 1 atom stereocenters. The summed E-state index contributed by atoms with van der Waals surface area (Å²) in [5.41, 5.74) is 1.44. The summed E-state index contributed by atoms with van der Waals surface area (Å²) < 4.78 is 28.9. The van der Waals surface area contributed by atoms with Gasteiger partial charge in [0.2, 0.25) is 0 Å². The number of rotatable bonds is 4. The van der Waals surface area contributed by atoms with Gasteiger partial charge in [-0.05, 0) is 25.5 Å². The summed E-state index contributed by atoms with van der Waals surface area (Å²) in [7, 11) is 0. The molecule has 0 heterocycles. The van der Waals surface area contributed by atoms with E-state index in [1.165, 1.54) is 0 Å². The van der Waals surface area contributed by atoms with Gasteiger partial charge in [-0.15, -0.1) is 0 Å². The van der Waals surface area contributed by atoms with Crippen molar-refractivity contribution in [1.29, 1.82) is 0 Å². The van der Waals surface area contributed by atoms with Crippen LogP contribution in [0, 0.1) is 6.92 Å². The van der Waals surface area contributed by atoms with Crippen LogP contribution in [0.5, 0.6) is 5.75 Å². The smallest absolute Gasteiger partial charge is 0.272 e. The van der Waals surface area contributed by atoms with Crippen molar-refractivity contribution >= 4 is 0 Å². The van der Waals surface area contributed by atoms with Crippen molar-refractivity contribution in [3.8, 4) is 5.75 Å². The third-order valence-corrected chi connectivity index (χ3v) is 1.98. The molecule has 0 fully saturated rings. The Morgan fingerprint density at radius 1 is 1.40 bits per heavy atom. The zero-order valence-corrected chi connectivity index (χ0v) is 8.71. The van der Waals surface area contributed by atoms with Gasteiger partial charge in [-0.1, -0.05) is 12.1 Å². The minimum Gasteiger partial charge on any atom is -0.487 e. The van der Waals surface area contributed by atoms with Gasteiger partial charge in [-0.2, -0.15) is 0 Å². The molecule has 0 radical (unpaired) electrons. The molecule has 0 amide bonds. The second-order valence-electron chi connectivity index (χ2n) is 3.42. The van der Waals surface area contributed by atoms with Crippen molar-refractivity contribution in [2.24, 2.45) is 0 Å². The standard InChI is InChI=1S/C11H14F2O2/c1-7-3-4-9(8(2)14)10(5-7)15-6-11(12)13/h3-5,8,11,14H,6H2,1-2H3/t8-/m0/s1. The van der Waals surface area contributed by atoms with Crippen molar-refractivity contribution in [2.45, 2.75) is 26.4 Å². The maximum absolute atomic E-state index is 12.0. The lowest BCUT2D eigenvalue weighted by Gasteiger charge is -2.13. The van der Waals surface area contributed by atoms with Crippen molar-refractivity contribution in [3.63, 3.8) is 0 Å². The van der Waals surface area contributed by atoms with Crippen LogP contribution in [-0.4, -0.2) is 18.1 Å². The van der Waals surface area contributed by atoms with Crippen molar-refractivity contribution in [3.05, 3.63) is 29.3 Å². The summed E-state index contributed by atoms with van der Waals surface area (Å²) in [4.78, 5) is 0. The average Bonchev–Trinajstić information content (AvgIpc) is 2.14. The molecule has 0 spiro atoms. The third kappa shape index (κ3) is 3.47. The molecule has 1 aromatic rings. The van der Waals surface area contributed by atoms with Gasteiger partial charge in [0.15, 0.2) is 0 Å². The lowest BCUT2D eigenvalue weighted by molar-refractivity contribution is 0.0794. The highest BCUT2D eigenvalue weighted by Crippen LogP contribution is 2.26. The molecule has 1 rings (SSSR count). The predicted molar refractivity (Wildman–Crippen MR) is 53.3 cm³/mol. The Morgan fingerprint density at radius 3 is 2.60 bits per heavy atom. The van der Waals surface area contributed by atoms with Crippen LogP contribution >= 0.6 is 0 Å². The number of hydrogen-bond acceptors (Lipinski definition) is 2. The molecule has 0 aromatic heterocycles. The molecule has 0 saturated heterocycles. The monoisotopic (exact) mass is 216 g/mol. The number of alkyl halides is 2. The maximum atomic E-state index is 12.0. The zero-order valence-electron chi connectivity index (χ0n) is 8.71. The number of ether oxygens (including phenoxy) is 1. The van der Waals surface area contributed by atoms with Crippen LogP contribution in [0.2, 0.25) is 0 Å². The van der Waals surface area contributed by atoms with E-state index in [9.17, 15) is 13.9 Å². The summed E-state index contributed by atoms with van der Waals surface area (Å²) in [5.74, 6) is 0.324. The van der Waals surface area contributed by atoms with Crippen LogP contribution in [0.15, 0.2) is 18.2 Å². The van der Waals surface area contributed by atoms with Gasteiger partial charge in [0.25, 0.3) is 6.43 Å². The minimum atomic E-state index is -2.51. The van der Waals surface area contributed by atoms with Crippen LogP contribution in [0.4, 0.5) is 8.78 Å². The predicted octanol–water partition coefficient (Wildman–Crippen LogP) is 2.69. The zero-order chi connectivity index (χ0) is 11.4. The van der Waals surface area contributed by atoms with Crippen LogP contribution in [0.1, 0.15) is 24.2 Å². The van der Waals surface area contributed by atoms with Crippen LogP contribution < -0.4 is 4.74 Å². The number of halogens is 2. The number of aliphatic hydroxyl groups is 1. The third-order valence-electron chi connectivity index (χ3n) is 1.98. The van der Waals surface area contributed by atoms with Gasteiger partial charge < -0.3 is 9.84 Å². The molecule has 0 aliphatic heterocycles. The Balaban J connectivity index is 2.87. The first-order valence-corrected chi connectivity index (χ1v) is 4.70. The number of aryl methyl sites for hydroxylation is 1. The van der Waals surface area contributed by atoms with Gasteiger partial charge >= 0.3 is 0 Å². The fraction of sp³-hybridized carbons (Fsp3) is 0.455. The number of hydrogen-bond donors (Lipinski definition) is 1. The van der Waals surface area contributed by atoms with Gasteiger partial charge in [0.05, 0.1) is 6.10 Å². The van der Waals surface area contributed by atoms with Crippen LogP contribution in [0.25, 0.3) is 0 Å². The Morgan fingerprint density at radius 2 is 2.07 bits per heavy atom. The van der Waals surface area contributed by atoms with Gasteiger partial charge in [-0.25, -0.2) is 8.78 Å². The second kappa shape index (κ2) is 5.07. The van der Waals surface area contributed by atoms with Crippen LogP contribution in [-0.2, 0) is 0 Å². The molecule has 0 saturated carbocycles. The van der Waals surface area contributed by atoms with E-state index in [1.54, 1.807) is 25.1 Å². The SMILES string of the molecule is Cc1ccc([C@H](C)O)c(OCC(F)F)c1. The fourth-order valence-electron chi connectivity index (χ4n) is 1.26. The number of benzene rings is 1. The molecular weight excluding hydrogens is 202 g/mol. The van der Waals surface area contributed by atoms with Gasteiger partial charge in [0.1, 0.15) is 12.4 Å². The molecule has 4 heteroatoms. The molecular formula is C11H14F2O2. The first kappa shape index (κ1) is 11.9. The van der Waals surface area contributed by atoms with Crippen LogP contribution in [0.3, 0.4) is 0 Å². The molecule has 15 heavy (non-hydrogen) atoms. The van der Waals surface area contributed by atoms with E-state index < -0.39 is 19.1 Å². The van der Waals surface area contributed by atoms with Gasteiger partial charge in [-0.3, -0.25) is 0 Å². The van der Waals surface area contributed by atoms with E-state index in [1.807, 2.05) is 6.92 Å². The highest BCUT2D eigenvalue weighted by molar-refractivity contribution is 5.38. The molecule has 84 valence electrons. The Labute approximate surface area is 87.5 Å². The molecule has 0 unspecified atom stereocenters. The van der Waals surface area contributed by atoms with Crippen molar-refractivity contribution < 1.29 is 18.6 Å². The van der Waals surface area contributed by atoms with Crippen molar-refractivity contribution in [1.82, 2.24) is 0 Å². The topological polar surface area (TPSA) is 29.5 Å². The van der Waals surface area contributed by atoms with E-state index in [0.29, 0.717) is 11.3 Å². The number of aliphatic hydroxyl groups excluding tert-OH is 1. The highest BCUT2D eigenvalue weighted by Gasteiger charge is 2.11. The van der Waals surface area contributed by atoms with Crippen molar-refractivity contribution in [2.75, 3.05) is 6.61 Å². The largest absolute Gasteiger partial charge is 0.487 e. The Kier molecular flexibility index (Phi) is 4.03. The molecule has 1 aromatic carbocycles. The van der Waals surface area contributed by atoms with E-state index in [2.05, 4.69) is 0 Å². The lowest BCUT2D eigenvalue weighted by Crippen LogP contribution is -2.09. The highest BCUT2D eigenvalue weighted by atomic mass is 19.3. The molecule has 0 aliphatic carbocycles.